The zero-order valence-electron chi connectivity index (χ0n) is 16.9. The van der Waals surface area contributed by atoms with Gasteiger partial charge in [0.15, 0.2) is 0 Å². The average Bonchev–Trinajstić information content (AvgIpc) is 3.36. The number of benzene rings is 1. The Bertz CT molecular complexity index is 903. The van der Waals surface area contributed by atoms with Gasteiger partial charge in [-0.25, -0.2) is 0 Å². The number of carbonyl (C=O) groups excluding carboxylic acids is 2. The number of thiophene rings is 1. The minimum Gasteiger partial charge on any atom is -0.507 e. The Labute approximate surface area is 175 Å². The molecule has 1 aliphatic heterocycles. The molecule has 1 N–H and O–H groups in total. The van der Waals surface area contributed by atoms with Crippen LogP contribution in [-0.2, 0) is 9.59 Å². The van der Waals surface area contributed by atoms with Crippen LogP contribution in [0.15, 0.2) is 47.4 Å². The number of hydrogen-bond acceptors (Lipinski definition) is 6. The van der Waals surface area contributed by atoms with Crippen molar-refractivity contribution in [3.63, 3.8) is 0 Å². The maximum atomic E-state index is 12.9. The summed E-state index contributed by atoms with van der Waals surface area (Å²) in [5, 5.41) is 12.9. The van der Waals surface area contributed by atoms with Crippen LogP contribution in [0.2, 0.25) is 0 Å². The second kappa shape index (κ2) is 9.24. The summed E-state index contributed by atoms with van der Waals surface area (Å²) in [6.45, 7) is 6.96. The fraction of sp³-hybridized carbons (Fsp3) is 0.364. The van der Waals surface area contributed by atoms with Crippen LogP contribution < -0.4 is 4.74 Å². The van der Waals surface area contributed by atoms with Crippen LogP contribution >= 0.6 is 11.3 Å². The largest absolute Gasteiger partial charge is 0.507 e. The molecule has 1 amide bonds. The molecule has 1 aliphatic rings. The highest BCUT2D eigenvalue weighted by molar-refractivity contribution is 7.10. The van der Waals surface area contributed by atoms with E-state index in [0.29, 0.717) is 24.4 Å². The van der Waals surface area contributed by atoms with Gasteiger partial charge in [0.25, 0.3) is 11.7 Å². The van der Waals surface area contributed by atoms with Gasteiger partial charge in [0.05, 0.1) is 18.7 Å². The van der Waals surface area contributed by atoms with Crippen LogP contribution in [0.25, 0.3) is 5.76 Å². The van der Waals surface area contributed by atoms with Gasteiger partial charge in [-0.2, -0.15) is 0 Å². The Morgan fingerprint density at radius 3 is 2.59 bits per heavy atom. The summed E-state index contributed by atoms with van der Waals surface area (Å²) in [7, 11) is 1.54. The number of Topliss-reactive ketones (excluding diaryl/α,β-unsaturated/α-hetero) is 1. The van der Waals surface area contributed by atoms with Crippen LogP contribution in [0, 0.1) is 0 Å². The van der Waals surface area contributed by atoms with Crippen molar-refractivity contribution in [2.24, 2.45) is 0 Å². The molecule has 0 spiro atoms. The third kappa shape index (κ3) is 4.21. The van der Waals surface area contributed by atoms with E-state index in [9.17, 15) is 14.7 Å². The summed E-state index contributed by atoms with van der Waals surface area (Å²) in [5.74, 6) is -0.827. The number of aliphatic hydroxyl groups is 1. The summed E-state index contributed by atoms with van der Waals surface area (Å²) in [6.07, 6.45) is 0. The van der Waals surface area contributed by atoms with E-state index in [1.165, 1.54) is 18.4 Å². The van der Waals surface area contributed by atoms with Crippen molar-refractivity contribution >= 4 is 28.8 Å². The number of hydrogen-bond donors (Lipinski definition) is 1. The van der Waals surface area contributed by atoms with Crippen molar-refractivity contribution in [1.82, 2.24) is 9.80 Å². The quantitative estimate of drug-likeness (QED) is 0.407. The number of amides is 1. The Kier molecular flexibility index (Phi) is 6.71. The minimum absolute atomic E-state index is 0.130. The Hall–Kier alpha value is -2.64. The molecule has 1 saturated heterocycles. The van der Waals surface area contributed by atoms with Gasteiger partial charge in [-0.3, -0.25) is 9.59 Å². The molecule has 6 nitrogen and oxygen atoms in total. The molecule has 7 heteroatoms. The number of ether oxygens (including phenoxy) is 1. The summed E-state index contributed by atoms with van der Waals surface area (Å²) < 4.78 is 5.23. The second-order valence-electron chi connectivity index (χ2n) is 6.77. The zero-order chi connectivity index (χ0) is 21.0. The van der Waals surface area contributed by atoms with E-state index in [0.717, 1.165) is 18.0 Å². The van der Waals surface area contributed by atoms with Gasteiger partial charge in [-0.15, -0.1) is 11.3 Å². The van der Waals surface area contributed by atoms with Crippen molar-refractivity contribution in [2.45, 2.75) is 19.9 Å². The Morgan fingerprint density at radius 1 is 1.21 bits per heavy atom. The van der Waals surface area contributed by atoms with Crippen molar-refractivity contribution in [2.75, 3.05) is 33.3 Å². The van der Waals surface area contributed by atoms with E-state index < -0.39 is 17.7 Å². The highest BCUT2D eigenvalue weighted by atomic mass is 32.1. The smallest absolute Gasteiger partial charge is 0.295 e. The summed E-state index contributed by atoms with van der Waals surface area (Å²) in [4.78, 5) is 30.4. The number of methoxy groups -OCH3 is 1. The van der Waals surface area contributed by atoms with Gasteiger partial charge < -0.3 is 19.6 Å². The van der Waals surface area contributed by atoms with Crippen molar-refractivity contribution in [3.8, 4) is 5.75 Å². The van der Waals surface area contributed by atoms with E-state index in [2.05, 4.69) is 18.7 Å². The zero-order valence-corrected chi connectivity index (χ0v) is 17.7. The van der Waals surface area contributed by atoms with Gasteiger partial charge >= 0.3 is 0 Å². The van der Waals surface area contributed by atoms with Crippen LogP contribution in [0.5, 0.6) is 5.75 Å². The fourth-order valence-corrected chi connectivity index (χ4v) is 4.41. The van der Waals surface area contributed by atoms with Crippen LogP contribution in [0.1, 0.15) is 30.3 Å². The van der Waals surface area contributed by atoms with E-state index in [1.807, 2.05) is 17.5 Å². The van der Waals surface area contributed by atoms with Crippen molar-refractivity contribution in [3.05, 3.63) is 57.8 Å². The van der Waals surface area contributed by atoms with Gasteiger partial charge in [0.2, 0.25) is 0 Å². The molecule has 1 unspecified atom stereocenters. The lowest BCUT2D eigenvalue weighted by Crippen LogP contribution is -2.37. The number of rotatable bonds is 8. The van der Waals surface area contributed by atoms with E-state index in [1.54, 1.807) is 29.2 Å². The molecule has 2 heterocycles. The first kappa shape index (κ1) is 21.1. The maximum absolute atomic E-state index is 12.9. The second-order valence-corrected chi connectivity index (χ2v) is 7.75. The molecule has 154 valence electrons. The first-order valence-electron chi connectivity index (χ1n) is 9.70. The highest BCUT2D eigenvalue weighted by Crippen LogP contribution is 2.41. The first-order valence-corrected chi connectivity index (χ1v) is 10.6. The average molecular weight is 415 g/mol. The lowest BCUT2D eigenvalue weighted by atomic mass is 10.00. The minimum atomic E-state index is -0.650. The molecule has 0 bridgehead atoms. The molecule has 1 atom stereocenters. The molecule has 0 radical (unpaired) electrons. The third-order valence-corrected chi connectivity index (χ3v) is 6.17. The van der Waals surface area contributed by atoms with Crippen molar-refractivity contribution < 1.29 is 19.4 Å². The molecule has 1 fully saturated rings. The predicted octanol–water partition coefficient (Wildman–Crippen LogP) is 3.52. The highest BCUT2D eigenvalue weighted by Gasteiger charge is 2.46. The van der Waals surface area contributed by atoms with Crippen LogP contribution in [0.4, 0.5) is 0 Å². The topological polar surface area (TPSA) is 70.1 Å². The molecule has 1 aromatic heterocycles. The molecular formula is C22H26N2O4S. The fourth-order valence-electron chi connectivity index (χ4n) is 3.57. The summed E-state index contributed by atoms with van der Waals surface area (Å²) in [5.41, 5.74) is 0.581. The summed E-state index contributed by atoms with van der Waals surface area (Å²) in [6, 6.07) is 10.1. The molecule has 2 aromatic rings. The first-order chi connectivity index (χ1) is 14.0. The molecular weight excluding hydrogens is 388 g/mol. The van der Waals surface area contributed by atoms with E-state index >= 15 is 0 Å². The number of likely N-dealkylation sites (N-methyl/N-ethyl adjacent to an activating group) is 1. The molecule has 0 aliphatic carbocycles. The van der Waals surface area contributed by atoms with Gasteiger partial charge in [-0.05, 0) is 36.7 Å². The lowest BCUT2D eigenvalue weighted by molar-refractivity contribution is -0.140. The number of carbonyl (C=O) groups is 2. The van der Waals surface area contributed by atoms with E-state index in [-0.39, 0.29) is 11.3 Å². The number of aliphatic hydroxyl groups excluding tert-OH is 1. The van der Waals surface area contributed by atoms with Gasteiger partial charge in [0, 0.05) is 23.5 Å². The maximum Gasteiger partial charge on any atom is 0.295 e. The van der Waals surface area contributed by atoms with Crippen LogP contribution in [-0.4, -0.2) is 59.9 Å². The van der Waals surface area contributed by atoms with Gasteiger partial charge in [-0.1, -0.05) is 32.0 Å². The summed E-state index contributed by atoms with van der Waals surface area (Å²) >= 11 is 1.47. The molecule has 1 aromatic carbocycles. The molecule has 29 heavy (non-hydrogen) atoms. The standard InChI is InChI=1S/C22H26N2O4S/c1-4-23(5-2)11-12-24-19(17-10-7-13-29-17)18(21(26)22(24)27)20(25)15-8-6-9-16(14-15)28-3/h6-10,13-14,19,25H,4-5,11-12H2,1-3H3. The Balaban J connectivity index is 2.05. The number of likely N-dealkylation sites (tertiary alicyclic amines) is 1. The van der Waals surface area contributed by atoms with E-state index in [4.69, 9.17) is 4.74 Å². The van der Waals surface area contributed by atoms with Gasteiger partial charge in [0.1, 0.15) is 11.5 Å². The monoisotopic (exact) mass is 414 g/mol. The molecule has 3 rings (SSSR count). The third-order valence-electron chi connectivity index (χ3n) is 5.25. The predicted molar refractivity (Wildman–Crippen MR) is 114 cm³/mol. The number of ketones is 1. The lowest BCUT2D eigenvalue weighted by Gasteiger charge is -2.27. The molecule has 0 saturated carbocycles. The van der Waals surface area contributed by atoms with Crippen LogP contribution in [0.3, 0.4) is 0 Å². The number of nitrogens with zero attached hydrogens (tertiary/aromatic N) is 2. The SMILES string of the molecule is CCN(CC)CCN1C(=O)C(=O)C(=C(O)c2cccc(OC)c2)C1c1cccs1. The normalized spacial score (nSPS) is 18.6. The van der Waals surface area contributed by atoms with Crippen molar-refractivity contribution in [1.29, 1.82) is 0 Å². The Morgan fingerprint density at radius 2 is 1.97 bits per heavy atom.